The normalized spacial score (nSPS) is 12.4. The number of rotatable bonds is 13. The first-order chi connectivity index (χ1) is 18.3. The topological polar surface area (TPSA) is 126 Å². The standard InChI is InChI=1S/C25H31N3O8S2/c1-33-14-11-27(12-15-34-2)38(31,32)20-8-5-18(6-9-20)23(29)26-25-28(13-16-35-3)21-10-7-19(24(30)36-4)17-22(21)37-25/h5-10,17H,11-16H2,1-4H3. The SMILES string of the molecule is COCCN(CCOC)S(=O)(=O)c1ccc(C(=O)N=c2sc3cc(C(=O)OC)ccc3n2CCOC)cc1. The second-order valence-electron chi connectivity index (χ2n) is 8.03. The molecule has 0 atom stereocenters. The van der Waals surface area contributed by atoms with E-state index in [1.165, 1.54) is 61.2 Å². The van der Waals surface area contributed by atoms with Crippen molar-refractivity contribution in [3.63, 3.8) is 0 Å². The lowest BCUT2D eigenvalue weighted by Crippen LogP contribution is -2.36. The highest BCUT2D eigenvalue weighted by Crippen LogP contribution is 2.21. The molecule has 0 aliphatic rings. The van der Waals surface area contributed by atoms with Gasteiger partial charge >= 0.3 is 5.97 Å². The van der Waals surface area contributed by atoms with Crippen LogP contribution < -0.4 is 4.80 Å². The lowest BCUT2D eigenvalue weighted by Gasteiger charge is -2.21. The molecular weight excluding hydrogens is 534 g/mol. The third-order valence-electron chi connectivity index (χ3n) is 5.65. The Kier molecular flexibility index (Phi) is 10.7. The molecule has 0 unspecified atom stereocenters. The van der Waals surface area contributed by atoms with Crippen LogP contribution in [0.3, 0.4) is 0 Å². The quantitative estimate of drug-likeness (QED) is 0.289. The van der Waals surface area contributed by atoms with E-state index in [0.29, 0.717) is 23.5 Å². The van der Waals surface area contributed by atoms with E-state index < -0.39 is 21.9 Å². The van der Waals surface area contributed by atoms with Gasteiger partial charge < -0.3 is 23.5 Å². The Labute approximate surface area is 225 Å². The molecule has 3 rings (SSSR count). The molecule has 0 fully saturated rings. The predicted molar refractivity (Wildman–Crippen MR) is 142 cm³/mol. The number of thiazole rings is 1. The van der Waals surface area contributed by atoms with E-state index in [4.69, 9.17) is 18.9 Å². The van der Waals surface area contributed by atoms with E-state index in [1.54, 1.807) is 25.3 Å². The van der Waals surface area contributed by atoms with Crippen LogP contribution in [-0.4, -0.2) is 90.5 Å². The molecule has 206 valence electrons. The molecule has 0 spiro atoms. The molecule has 0 radical (unpaired) electrons. The first-order valence-electron chi connectivity index (χ1n) is 11.6. The van der Waals surface area contributed by atoms with Crippen LogP contribution in [0.25, 0.3) is 10.2 Å². The number of hydrogen-bond acceptors (Lipinski definition) is 9. The fourth-order valence-corrected chi connectivity index (χ4v) is 6.11. The Morgan fingerprint density at radius 3 is 2.08 bits per heavy atom. The lowest BCUT2D eigenvalue weighted by atomic mass is 10.2. The zero-order valence-corrected chi connectivity index (χ0v) is 23.3. The first kappa shape index (κ1) is 29.6. The monoisotopic (exact) mass is 565 g/mol. The highest BCUT2D eigenvalue weighted by atomic mass is 32.2. The summed E-state index contributed by atoms with van der Waals surface area (Å²) in [4.78, 5) is 29.8. The average Bonchev–Trinajstić information content (AvgIpc) is 3.27. The zero-order valence-electron chi connectivity index (χ0n) is 21.7. The molecule has 38 heavy (non-hydrogen) atoms. The molecule has 13 heteroatoms. The Morgan fingerprint density at radius 2 is 1.50 bits per heavy atom. The number of hydrogen-bond donors (Lipinski definition) is 0. The first-order valence-corrected chi connectivity index (χ1v) is 13.9. The van der Waals surface area contributed by atoms with Crippen molar-refractivity contribution < 1.29 is 37.0 Å². The maximum Gasteiger partial charge on any atom is 0.337 e. The minimum absolute atomic E-state index is 0.0496. The highest BCUT2D eigenvalue weighted by molar-refractivity contribution is 7.89. The summed E-state index contributed by atoms with van der Waals surface area (Å²) < 4.78 is 50.2. The molecule has 0 aliphatic carbocycles. The van der Waals surface area contributed by atoms with E-state index >= 15 is 0 Å². The summed E-state index contributed by atoms with van der Waals surface area (Å²) in [6.45, 7) is 1.64. The minimum atomic E-state index is -3.82. The van der Waals surface area contributed by atoms with Crippen LogP contribution in [0, 0.1) is 0 Å². The molecule has 1 aromatic heterocycles. The van der Waals surface area contributed by atoms with Crippen LogP contribution in [-0.2, 0) is 35.5 Å². The maximum atomic E-state index is 13.1. The van der Waals surface area contributed by atoms with Crippen molar-refractivity contribution in [3.8, 4) is 0 Å². The van der Waals surface area contributed by atoms with E-state index in [0.717, 1.165) is 10.2 Å². The van der Waals surface area contributed by atoms with Crippen molar-refractivity contribution in [2.45, 2.75) is 11.4 Å². The number of esters is 1. The molecule has 0 saturated heterocycles. The number of ether oxygens (including phenoxy) is 4. The van der Waals surface area contributed by atoms with Gasteiger partial charge in [0.15, 0.2) is 4.80 Å². The molecule has 0 aliphatic heterocycles. The van der Waals surface area contributed by atoms with Gasteiger partial charge in [0.25, 0.3) is 5.91 Å². The van der Waals surface area contributed by atoms with Crippen molar-refractivity contribution in [1.82, 2.24) is 8.87 Å². The molecule has 0 N–H and O–H groups in total. The van der Waals surface area contributed by atoms with Gasteiger partial charge in [0, 0.05) is 46.5 Å². The molecule has 0 saturated carbocycles. The van der Waals surface area contributed by atoms with Crippen LogP contribution in [0.15, 0.2) is 52.4 Å². The number of sulfonamides is 1. The van der Waals surface area contributed by atoms with Crippen LogP contribution in [0.1, 0.15) is 20.7 Å². The fourth-order valence-electron chi connectivity index (χ4n) is 3.61. The van der Waals surface area contributed by atoms with Gasteiger partial charge in [-0.25, -0.2) is 13.2 Å². The van der Waals surface area contributed by atoms with Crippen LogP contribution >= 0.6 is 11.3 Å². The Morgan fingerprint density at radius 1 is 0.895 bits per heavy atom. The number of methoxy groups -OCH3 is 4. The zero-order chi connectivity index (χ0) is 27.7. The van der Waals surface area contributed by atoms with Gasteiger partial charge in [0.05, 0.1) is 47.6 Å². The minimum Gasteiger partial charge on any atom is -0.465 e. The Hall–Kier alpha value is -2.94. The van der Waals surface area contributed by atoms with Gasteiger partial charge in [-0.3, -0.25) is 4.79 Å². The Balaban J connectivity index is 1.94. The summed E-state index contributed by atoms with van der Waals surface area (Å²) in [7, 11) is 2.07. The summed E-state index contributed by atoms with van der Waals surface area (Å²) in [5, 5.41) is 0. The second kappa shape index (κ2) is 13.7. The molecule has 1 amide bonds. The number of benzene rings is 2. The van der Waals surface area contributed by atoms with Crippen LogP contribution in [0.2, 0.25) is 0 Å². The predicted octanol–water partition coefficient (Wildman–Crippen LogP) is 2.16. The third kappa shape index (κ3) is 6.92. The molecular formula is C25H31N3O8S2. The van der Waals surface area contributed by atoms with Crippen LogP contribution in [0.4, 0.5) is 0 Å². The van der Waals surface area contributed by atoms with E-state index in [1.807, 2.05) is 4.57 Å². The highest BCUT2D eigenvalue weighted by Gasteiger charge is 2.24. The Bertz CT molecular complexity index is 1420. The summed E-state index contributed by atoms with van der Waals surface area (Å²) in [5.74, 6) is -0.994. The number of fused-ring (bicyclic) bond motifs is 1. The van der Waals surface area contributed by atoms with E-state index in [-0.39, 0.29) is 36.8 Å². The summed E-state index contributed by atoms with van der Waals surface area (Å²) in [6.07, 6.45) is 0. The van der Waals surface area contributed by atoms with Crippen molar-refractivity contribution in [2.24, 2.45) is 4.99 Å². The van der Waals surface area contributed by atoms with Crippen molar-refractivity contribution in [1.29, 1.82) is 0 Å². The molecule has 2 aromatic carbocycles. The second-order valence-corrected chi connectivity index (χ2v) is 11.0. The van der Waals surface area contributed by atoms with Crippen molar-refractivity contribution in [2.75, 3.05) is 61.3 Å². The average molecular weight is 566 g/mol. The molecule has 3 aromatic rings. The van der Waals surface area contributed by atoms with Gasteiger partial charge in [-0.1, -0.05) is 11.3 Å². The molecule has 11 nitrogen and oxygen atoms in total. The van der Waals surface area contributed by atoms with Gasteiger partial charge in [-0.2, -0.15) is 9.30 Å². The molecule has 0 bridgehead atoms. The summed E-state index contributed by atoms with van der Waals surface area (Å²) in [5.41, 5.74) is 1.41. The van der Waals surface area contributed by atoms with Crippen molar-refractivity contribution >= 4 is 43.5 Å². The van der Waals surface area contributed by atoms with Crippen LogP contribution in [0.5, 0.6) is 0 Å². The number of carbonyl (C=O) groups excluding carboxylic acids is 2. The smallest absolute Gasteiger partial charge is 0.337 e. The molecule has 1 heterocycles. The largest absolute Gasteiger partial charge is 0.465 e. The van der Waals surface area contributed by atoms with Gasteiger partial charge in [0.2, 0.25) is 10.0 Å². The summed E-state index contributed by atoms with van der Waals surface area (Å²) in [6, 6.07) is 10.8. The van der Waals surface area contributed by atoms with Crippen molar-refractivity contribution in [3.05, 3.63) is 58.4 Å². The number of amides is 1. The number of aromatic nitrogens is 1. The number of nitrogens with zero attached hydrogens (tertiary/aromatic N) is 3. The van der Waals surface area contributed by atoms with Gasteiger partial charge in [-0.15, -0.1) is 0 Å². The summed E-state index contributed by atoms with van der Waals surface area (Å²) >= 11 is 1.25. The van der Waals surface area contributed by atoms with Gasteiger partial charge in [0.1, 0.15) is 0 Å². The van der Waals surface area contributed by atoms with E-state index in [9.17, 15) is 18.0 Å². The third-order valence-corrected chi connectivity index (χ3v) is 8.60. The fraction of sp³-hybridized carbons (Fsp3) is 0.400. The maximum absolute atomic E-state index is 13.1. The van der Waals surface area contributed by atoms with E-state index in [2.05, 4.69) is 4.99 Å². The number of carbonyl (C=O) groups is 2. The van der Waals surface area contributed by atoms with Gasteiger partial charge in [-0.05, 0) is 42.5 Å². The lowest BCUT2D eigenvalue weighted by molar-refractivity contribution is 0.0600.